The van der Waals surface area contributed by atoms with Gasteiger partial charge in [-0.05, 0) is 36.4 Å². The summed E-state index contributed by atoms with van der Waals surface area (Å²) in [5.74, 6) is -0.622. The first-order valence-electron chi connectivity index (χ1n) is 5.43. The van der Waals surface area contributed by atoms with Gasteiger partial charge < -0.3 is 5.73 Å². The molecule has 3 N–H and O–H groups in total. The van der Waals surface area contributed by atoms with Gasteiger partial charge in [-0.2, -0.15) is 0 Å². The van der Waals surface area contributed by atoms with Crippen LogP contribution in [0.1, 0.15) is 10.4 Å². The molecule has 0 aliphatic heterocycles. The number of carbonyl (C=O) groups is 1. The first kappa shape index (κ1) is 14.3. The van der Waals surface area contributed by atoms with Crippen molar-refractivity contribution in [3.8, 4) is 0 Å². The molecule has 0 aliphatic rings. The van der Waals surface area contributed by atoms with Gasteiger partial charge in [0.05, 0.1) is 10.6 Å². The van der Waals surface area contributed by atoms with Crippen LogP contribution in [0.4, 0.5) is 5.69 Å². The van der Waals surface area contributed by atoms with E-state index in [1.165, 1.54) is 42.6 Å². The van der Waals surface area contributed by atoms with Gasteiger partial charge in [-0.15, -0.1) is 0 Å². The molecule has 0 spiro atoms. The molecule has 8 heteroatoms. The molecule has 1 aromatic heterocycles. The molecule has 1 amide bonds. The highest BCUT2D eigenvalue weighted by molar-refractivity contribution is 7.92. The average Bonchev–Trinajstić information content (AvgIpc) is 2.38. The predicted octanol–water partition coefficient (Wildman–Crippen LogP) is 1.63. The van der Waals surface area contributed by atoms with Crippen LogP contribution in [0.15, 0.2) is 47.5 Å². The van der Waals surface area contributed by atoms with Crippen molar-refractivity contribution in [2.45, 2.75) is 4.90 Å². The average molecular weight is 312 g/mol. The van der Waals surface area contributed by atoms with Crippen LogP contribution in [-0.2, 0) is 10.0 Å². The Labute approximate surface area is 120 Å². The van der Waals surface area contributed by atoms with Gasteiger partial charge in [-0.3, -0.25) is 9.52 Å². The van der Waals surface area contributed by atoms with Gasteiger partial charge in [-0.25, -0.2) is 13.4 Å². The summed E-state index contributed by atoms with van der Waals surface area (Å²) in [6, 6.07) is 8.14. The molecular formula is C12H10ClN3O3S. The number of pyridine rings is 1. The Morgan fingerprint density at radius 2 is 1.85 bits per heavy atom. The minimum absolute atomic E-state index is 0.00966. The van der Waals surface area contributed by atoms with Crippen molar-refractivity contribution in [2.75, 3.05) is 4.72 Å². The van der Waals surface area contributed by atoms with Gasteiger partial charge in [-0.1, -0.05) is 11.6 Å². The van der Waals surface area contributed by atoms with Gasteiger partial charge in [0.15, 0.2) is 0 Å². The van der Waals surface area contributed by atoms with E-state index in [2.05, 4.69) is 9.71 Å². The fourth-order valence-electron chi connectivity index (χ4n) is 1.48. The Hall–Kier alpha value is -2.12. The second kappa shape index (κ2) is 5.48. The van der Waals surface area contributed by atoms with Crippen molar-refractivity contribution in [2.24, 2.45) is 5.73 Å². The van der Waals surface area contributed by atoms with Crippen molar-refractivity contribution in [1.82, 2.24) is 4.98 Å². The lowest BCUT2D eigenvalue weighted by Crippen LogP contribution is -2.14. The minimum atomic E-state index is -3.76. The summed E-state index contributed by atoms with van der Waals surface area (Å²) in [6.07, 6.45) is 1.39. The quantitative estimate of drug-likeness (QED) is 0.838. The second-order valence-corrected chi connectivity index (χ2v) is 5.93. The fraction of sp³-hybridized carbons (Fsp3) is 0. The topological polar surface area (TPSA) is 102 Å². The molecule has 2 aromatic rings. The van der Waals surface area contributed by atoms with Gasteiger partial charge in [0, 0.05) is 11.8 Å². The summed E-state index contributed by atoms with van der Waals surface area (Å²) in [4.78, 5) is 14.7. The Kier molecular flexibility index (Phi) is 3.91. The molecule has 0 fully saturated rings. The van der Waals surface area contributed by atoms with Crippen LogP contribution in [0, 0.1) is 0 Å². The summed E-state index contributed by atoms with van der Waals surface area (Å²) in [5.41, 5.74) is 5.62. The third-order valence-corrected chi connectivity index (χ3v) is 4.03. The molecular weight excluding hydrogens is 302 g/mol. The molecule has 1 aromatic carbocycles. The molecule has 0 saturated carbocycles. The van der Waals surface area contributed by atoms with Gasteiger partial charge >= 0.3 is 0 Å². The van der Waals surface area contributed by atoms with E-state index in [0.717, 1.165) is 0 Å². The normalized spacial score (nSPS) is 11.1. The number of nitrogens with one attached hydrogen (secondary N) is 1. The minimum Gasteiger partial charge on any atom is -0.366 e. The summed E-state index contributed by atoms with van der Waals surface area (Å²) >= 11 is 5.68. The van der Waals surface area contributed by atoms with E-state index in [9.17, 15) is 13.2 Å². The first-order valence-corrected chi connectivity index (χ1v) is 7.29. The number of primary amides is 1. The summed E-state index contributed by atoms with van der Waals surface area (Å²) in [5, 5.41) is 0.175. The van der Waals surface area contributed by atoms with Crippen molar-refractivity contribution in [3.63, 3.8) is 0 Å². The highest BCUT2D eigenvalue weighted by Gasteiger charge is 2.14. The maximum atomic E-state index is 12.1. The fourth-order valence-corrected chi connectivity index (χ4v) is 2.70. The SMILES string of the molecule is NC(=O)c1ccc(S(=O)(=O)Nc2ccnc(Cl)c2)cc1. The molecule has 6 nitrogen and oxygen atoms in total. The van der Waals surface area contributed by atoms with Crippen molar-refractivity contribution >= 4 is 33.2 Å². The van der Waals surface area contributed by atoms with Gasteiger partial charge in [0.25, 0.3) is 10.0 Å². The lowest BCUT2D eigenvalue weighted by atomic mass is 10.2. The number of sulfonamides is 1. The number of hydrogen-bond donors (Lipinski definition) is 2. The van der Waals surface area contributed by atoms with Gasteiger partial charge in [0.1, 0.15) is 5.15 Å². The number of carbonyl (C=O) groups excluding carboxylic acids is 1. The van der Waals surface area contributed by atoms with E-state index < -0.39 is 15.9 Å². The van der Waals surface area contributed by atoms with E-state index in [1.54, 1.807) is 0 Å². The number of anilines is 1. The number of hydrogen-bond acceptors (Lipinski definition) is 4. The van der Waals surface area contributed by atoms with Crippen LogP contribution in [0.25, 0.3) is 0 Å². The van der Waals surface area contributed by atoms with E-state index in [0.29, 0.717) is 5.69 Å². The molecule has 0 atom stereocenters. The molecule has 104 valence electrons. The van der Waals surface area contributed by atoms with Crippen LogP contribution >= 0.6 is 11.6 Å². The zero-order chi connectivity index (χ0) is 14.8. The van der Waals surface area contributed by atoms with Crippen LogP contribution in [-0.4, -0.2) is 19.3 Å². The highest BCUT2D eigenvalue weighted by atomic mass is 35.5. The van der Waals surface area contributed by atoms with Gasteiger partial charge in [0.2, 0.25) is 5.91 Å². The lowest BCUT2D eigenvalue weighted by molar-refractivity contribution is 0.1000. The third kappa shape index (κ3) is 3.25. The smallest absolute Gasteiger partial charge is 0.261 e. The zero-order valence-electron chi connectivity index (χ0n) is 10.1. The molecule has 0 radical (unpaired) electrons. The Morgan fingerprint density at radius 3 is 2.40 bits per heavy atom. The number of halogens is 1. The second-order valence-electron chi connectivity index (χ2n) is 3.86. The number of nitrogens with zero attached hydrogens (tertiary/aromatic N) is 1. The highest BCUT2D eigenvalue weighted by Crippen LogP contribution is 2.18. The van der Waals surface area contributed by atoms with Crippen molar-refractivity contribution in [1.29, 1.82) is 0 Å². The lowest BCUT2D eigenvalue weighted by Gasteiger charge is -2.08. The number of nitrogens with two attached hydrogens (primary N) is 1. The number of aromatic nitrogens is 1. The van der Waals surface area contributed by atoms with E-state index in [-0.39, 0.29) is 15.6 Å². The van der Waals surface area contributed by atoms with E-state index in [4.69, 9.17) is 17.3 Å². The number of benzene rings is 1. The largest absolute Gasteiger partial charge is 0.366 e. The van der Waals surface area contributed by atoms with E-state index in [1.807, 2.05) is 0 Å². The maximum absolute atomic E-state index is 12.1. The maximum Gasteiger partial charge on any atom is 0.261 e. The standard InChI is InChI=1S/C12H10ClN3O3S/c13-11-7-9(5-6-15-11)16-20(18,19)10-3-1-8(2-4-10)12(14)17/h1-7H,(H2,14,17)(H,15,16). The Bertz CT molecular complexity index is 745. The Balaban J connectivity index is 2.28. The molecule has 1 heterocycles. The number of amides is 1. The van der Waals surface area contributed by atoms with Crippen LogP contribution in [0.2, 0.25) is 5.15 Å². The number of rotatable bonds is 4. The molecule has 0 bridgehead atoms. The van der Waals surface area contributed by atoms with Crippen LogP contribution < -0.4 is 10.5 Å². The molecule has 2 rings (SSSR count). The molecule has 0 saturated heterocycles. The summed E-state index contributed by atoms with van der Waals surface area (Å²) in [6.45, 7) is 0. The Morgan fingerprint density at radius 1 is 1.20 bits per heavy atom. The van der Waals surface area contributed by atoms with Crippen LogP contribution in [0.3, 0.4) is 0 Å². The first-order chi connectivity index (χ1) is 9.38. The molecule has 20 heavy (non-hydrogen) atoms. The summed E-state index contributed by atoms with van der Waals surface area (Å²) in [7, 11) is -3.76. The van der Waals surface area contributed by atoms with Crippen LogP contribution in [0.5, 0.6) is 0 Å². The van der Waals surface area contributed by atoms with E-state index >= 15 is 0 Å². The monoisotopic (exact) mass is 311 g/mol. The molecule has 0 aliphatic carbocycles. The predicted molar refractivity (Wildman–Crippen MR) is 75.0 cm³/mol. The van der Waals surface area contributed by atoms with Crippen molar-refractivity contribution < 1.29 is 13.2 Å². The zero-order valence-corrected chi connectivity index (χ0v) is 11.6. The summed E-state index contributed by atoms with van der Waals surface area (Å²) < 4.78 is 26.6. The third-order valence-electron chi connectivity index (χ3n) is 2.43. The van der Waals surface area contributed by atoms with Crippen molar-refractivity contribution in [3.05, 3.63) is 53.3 Å². The molecule has 0 unspecified atom stereocenters.